The summed E-state index contributed by atoms with van der Waals surface area (Å²) in [4.78, 5) is 12.1. The summed E-state index contributed by atoms with van der Waals surface area (Å²) in [7, 11) is 0. The molecule has 0 saturated carbocycles. The number of hydrogen-bond donors (Lipinski definition) is 2. The summed E-state index contributed by atoms with van der Waals surface area (Å²) in [5.74, 6) is 0.205. The zero-order valence-electron chi connectivity index (χ0n) is 12.2. The van der Waals surface area contributed by atoms with E-state index in [0.29, 0.717) is 24.5 Å². The summed E-state index contributed by atoms with van der Waals surface area (Å²) in [6, 6.07) is 10.1. The highest BCUT2D eigenvalue weighted by Crippen LogP contribution is 2.26. The maximum absolute atomic E-state index is 12.1. The van der Waals surface area contributed by atoms with Gasteiger partial charge in [-0.15, -0.1) is 0 Å². The Kier molecular flexibility index (Phi) is 4.06. The highest BCUT2D eigenvalue weighted by Gasteiger charge is 2.33. The SMILES string of the molecule is Cc1ccc(CCC(=O)NC2CC3CCC(C2)N3)cc1. The largest absolute Gasteiger partial charge is 0.353 e. The van der Waals surface area contributed by atoms with Crippen LogP contribution in [0.5, 0.6) is 0 Å². The van der Waals surface area contributed by atoms with Crippen LogP contribution in [0.1, 0.15) is 43.2 Å². The first-order valence-electron chi connectivity index (χ1n) is 7.80. The molecule has 3 heteroatoms. The smallest absolute Gasteiger partial charge is 0.220 e. The van der Waals surface area contributed by atoms with E-state index in [1.165, 1.54) is 24.0 Å². The molecule has 3 rings (SSSR count). The predicted molar refractivity (Wildman–Crippen MR) is 80.6 cm³/mol. The van der Waals surface area contributed by atoms with Gasteiger partial charge in [-0.25, -0.2) is 0 Å². The highest BCUT2D eigenvalue weighted by atomic mass is 16.1. The quantitative estimate of drug-likeness (QED) is 0.883. The van der Waals surface area contributed by atoms with Crippen LogP contribution in [0, 0.1) is 6.92 Å². The third kappa shape index (κ3) is 3.40. The zero-order valence-corrected chi connectivity index (χ0v) is 12.2. The van der Waals surface area contributed by atoms with Crippen molar-refractivity contribution >= 4 is 5.91 Å². The lowest BCUT2D eigenvalue weighted by Crippen LogP contribution is -2.48. The van der Waals surface area contributed by atoms with Gasteiger partial charge >= 0.3 is 0 Å². The molecule has 2 saturated heterocycles. The van der Waals surface area contributed by atoms with Crippen molar-refractivity contribution in [1.82, 2.24) is 10.6 Å². The number of nitrogens with one attached hydrogen (secondary N) is 2. The first-order valence-corrected chi connectivity index (χ1v) is 7.80. The minimum atomic E-state index is 0.205. The topological polar surface area (TPSA) is 41.1 Å². The number of rotatable bonds is 4. The lowest BCUT2D eigenvalue weighted by atomic mass is 9.99. The zero-order chi connectivity index (χ0) is 13.9. The molecule has 2 heterocycles. The first kappa shape index (κ1) is 13.6. The number of hydrogen-bond acceptors (Lipinski definition) is 2. The van der Waals surface area contributed by atoms with E-state index in [1.807, 2.05) is 0 Å². The molecule has 2 bridgehead atoms. The molecule has 0 aromatic heterocycles. The fourth-order valence-electron chi connectivity index (χ4n) is 3.49. The maximum atomic E-state index is 12.1. The molecule has 2 aliphatic rings. The second-order valence-electron chi connectivity index (χ2n) is 6.36. The molecule has 20 heavy (non-hydrogen) atoms. The number of amides is 1. The van der Waals surface area contributed by atoms with Crippen molar-refractivity contribution in [1.29, 1.82) is 0 Å². The molecule has 0 spiro atoms. The monoisotopic (exact) mass is 272 g/mol. The number of aryl methyl sites for hydroxylation is 2. The maximum Gasteiger partial charge on any atom is 0.220 e. The second kappa shape index (κ2) is 5.96. The van der Waals surface area contributed by atoms with E-state index >= 15 is 0 Å². The van der Waals surface area contributed by atoms with E-state index in [1.54, 1.807) is 0 Å². The van der Waals surface area contributed by atoms with E-state index in [9.17, 15) is 4.79 Å². The van der Waals surface area contributed by atoms with E-state index in [0.717, 1.165) is 19.3 Å². The van der Waals surface area contributed by atoms with Gasteiger partial charge in [0.15, 0.2) is 0 Å². The summed E-state index contributed by atoms with van der Waals surface area (Å²) in [6.07, 6.45) is 6.20. The van der Waals surface area contributed by atoms with Crippen molar-refractivity contribution in [3.05, 3.63) is 35.4 Å². The lowest BCUT2D eigenvalue weighted by molar-refractivity contribution is -0.122. The minimum absolute atomic E-state index is 0.205. The lowest BCUT2D eigenvalue weighted by Gasteiger charge is -2.29. The van der Waals surface area contributed by atoms with E-state index in [4.69, 9.17) is 0 Å². The van der Waals surface area contributed by atoms with Crippen LogP contribution in [0.15, 0.2) is 24.3 Å². The van der Waals surface area contributed by atoms with Crippen LogP contribution in [0.4, 0.5) is 0 Å². The van der Waals surface area contributed by atoms with Crippen molar-refractivity contribution in [3.63, 3.8) is 0 Å². The van der Waals surface area contributed by atoms with Crippen molar-refractivity contribution in [2.45, 2.75) is 63.6 Å². The third-order valence-corrected chi connectivity index (χ3v) is 4.60. The Morgan fingerprint density at radius 3 is 2.50 bits per heavy atom. The molecule has 2 N–H and O–H groups in total. The minimum Gasteiger partial charge on any atom is -0.353 e. The molecule has 2 fully saturated rings. The van der Waals surface area contributed by atoms with Crippen LogP contribution in [0.25, 0.3) is 0 Å². The molecule has 2 atom stereocenters. The van der Waals surface area contributed by atoms with Gasteiger partial charge in [0.1, 0.15) is 0 Å². The average molecular weight is 272 g/mol. The highest BCUT2D eigenvalue weighted by molar-refractivity contribution is 5.76. The molecule has 2 unspecified atom stereocenters. The molecular formula is C17H24N2O. The molecular weight excluding hydrogens is 248 g/mol. The number of carbonyl (C=O) groups excluding carboxylic acids is 1. The van der Waals surface area contributed by atoms with Crippen molar-refractivity contribution in [3.8, 4) is 0 Å². The van der Waals surface area contributed by atoms with Gasteiger partial charge in [0.25, 0.3) is 0 Å². The van der Waals surface area contributed by atoms with Crippen LogP contribution in [0.2, 0.25) is 0 Å². The molecule has 2 aliphatic heterocycles. The van der Waals surface area contributed by atoms with Crippen LogP contribution in [0.3, 0.4) is 0 Å². The van der Waals surface area contributed by atoms with Gasteiger partial charge in [0.05, 0.1) is 0 Å². The predicted octanol–water partition coefficient (Wildman–Crippen LogP) is 2.33. The molecule has 3 nitrogen and oxygen atoms in total. The number of benzene rings is 1. The van der Waals surface area contributed by atoms with Crippen LogP contribution in [-0.2, 0) is 11.2 Å². The van der Waals surface area contributed by atoms with Gasteiger partial charge < -0.3 is 10.6 Å². The summed E-state index contributed by atoms with van der Waals surface area (Å²) in [6.45, 7) is 2.09. The Morgan fingerprint density at radius 2 is 1.85 bits per heavy atom. The van der Waals surface area contributed by atoms with Crippen molar-refractivity contribution in [2.75, 3.05) is 0 Å². The number of fused-ring (bicyclic) bond motifs is 2. The normalized spacial score (nSPS) is 28.4. The van der Waals surface area contributed by atoms with E-state index < -0.39 is 0 Å². The Hall–Kier alpha value is -1.35. The average Bonchev–Trinajstić information content (AvgIpc) is 2.77. The third-order valence-electron chi connectivity index (χ3n) is 4.60. The van der Waals surface area contributed by atoms with E-state index in [-0.39, 0.29) is 5.91 Å². The van der Waals surface area contributed by atoms with Gasteiger partial charge in [-0.2, -0.15) is 0 Å². The fraction of sp³-hybridized carbons (Fsp3) is 0.588. The van der Waals surface area contributed by atoms with Crippen LogP contribution < -0.4 is 10.6 Å². The van der Waals surface area contributed by atoms with Crippen LogP contribution in [-0.4, -0.2) is 24.0 Å². The van der Waals surface area contributed by atoms with Gasteiger partial charge in [0.2, 0.25) is 5.91 Å². The summed E-state index contributed by atoms with van der Waals surface area (Å²) in [5, 5.41) is 6.83. The molecule has 1 aromatic carbocycles. The Morgan fingerprint density at radius 1 is 1.20 bits per heavy atom. The molecule has 0 radical (unpaired) electrons. The fourth-order valence-corrected chi connectivity index (χ4v) is 3.49. The van der Waals surface area contributed by atoms with Crippen molar-refractivity contribution < 1.29 is 4.79 Å². The van der Waals surface area contributed by atoms with E-state index in [2.05, 4.69) is 41.8 Å². The standard InChI is InChI=1S/C17H24N2O/c1-12-2-4-13(5-3-12)6-9-17(20)19-16-10-14-7-8-15(11-16)18-14/h2-5,14-16,18H,6-11H2,1H3,(H,19,20). The Labute approximate surface area is 121 Å². The summed E-state index contributed by atoms with van der Waals surface area (Å²) in [5.41, 5.74) is 2.51. The van der Waals surface area contributed by atoms with Crippen LogP contribution >= 0.6 is 0 Å². The van der Waals surface area contributed by atoms with Gasteiger partial charge in [-0.05, 0) is 44.6 Å². The Balaban J connectivity index is 1.44. The summed E-state index contributed by atoms with van der Waals surface area (Å²) < 4.78 is 0. The first-order chi connectivity index (χ1) is 9.69. The second-order valence-corrected chi connectivity index (χ2v) is 6.36. The number of piperidine rings is 1. The van der Waals surface area contributed by atoms with Gasteiger partial charge in [-0.3, -0.25) is 4.79 Å². The van der Waals surface area contributed by atoms with Gasteiger partial charge in [0, 0.05) is 24.5 Å². The summed E-state index contributed by atoms with van der Waals surface area (Å²) >= 11 is 0. The molecule has 1 amide bonds. The molecule has 1 aromatic rings. The number of carbonyl (C=O) groups is 1. The van der Waals surface area contributed by atoms with Crippen molar-refractivity contribution in [2.24, 2.45) is 0 Å². The molecule has 108 valence electrons. The molecule has 0 aliphatic carbocycles. The Bertz CT molecular complexity index is 456. The van der Waals surface area contributed by atoms with Gasteiger partial charge in [-0.1, -0.05) is 29.8 Å².